The first-order chi connectivity index (χ1) is 9.72. The monoisotopic (exact) mass is 293 g/mol. The van der Waals surface area contributed by atoms with Crippen LogP contribution in [0.3, 0.4) is 0 Å². The van der Waals surface area contributed by atoms with Gasteiger partial charge in [0.1, 0.15) is 12.4 Å². The molecule has 4 heteroatoms. The number of hydrogen-bond donors (Lipinski definition) is 0. The lowest BCUT2D eigenvalue weighted by molar-refractivity contribution is 0.287. The van der Waals surface area contributed by atoms with Crippen molar-refractivity contribution in [3.63, 3.8) is 0 Å². The van der Waals surface area contributed by atoms with Gasteiger partial charge in [0.25, 0.3) is 0 Å². The minimum atomic E-state index is -0.269. The van der Waals surface area contributed by atoms with Gasteiger partial charge in [0, 0.05) is 23.2 Å². The minimum Gasteiger partial charge on any atom is -0.473 e. The summed E-state index contributed by atoms with van der Waals surface area (Å²) in [6, 6.07) is 10.3. The Hall–Kier alpha value is -1.61. The number of ether oxygens (including phenoxy) is 1. The second-order valence-corrected chi connectivity index (χ2v) is 4.84. The topological polar surface area (TPSA) is 22.1 Å². The lowest BCUT2D eigenvalue weighted by Gasteiger charge is -2.09. The summed E-state index contributed by atoms with van der Waals surface area (Å²) in [5.74, 6) is 0.639. The van der Waals surface area contributed by atoms with Crippen LogP contribution >= 0.6 is 11.6 Å². The van der Waals surface area contributed by atoms with Crippen LogP contribution in [-0.2, 0) is 18.9 Å². The van der Waals surface area contributed by atoms with Crippen LogP contribution in [0.25, 0.3) is 0 Å². The molecule has 1 aromatic heterocycles. The number of benzene rings is 1. The number of halogens is 2. The Labute approximate surface area is 123 Å². The van der Waals surface area contributed by atoms with Gasteiger partial charge in [-0.05, 0) is 24.1 Å². The largest absolute Gasteiger partial charge is 0.473 e. The van der Waals surface area contributed by atoms with Gasteiger partial charge in [-0.1, -0.05) is 31.5 Å². The quantitative estimate of drug-likeness (QED) is 0.732. The lowest BCUT2D eigenvalue weighted by atomic mass is 10.2. The molecule has 2 rings (SSSR count). The molecule has 0 saturated heterocycles. The van der Waals surface area contributed by atoms with Gasteiger partial charge in [0.2, 0.25) is 5.88 Å². The number of pyridine rings is 1. The van der Waals surface area contributed by atoms with E-state index in [4.69, 9.17) is 16.3 Å². The smallest absolute Gasteiger partial charge is 0.214 e. The van der Waals surface area contributed by atoms with E-state index >= 15 is 0 Å². The Balaban J connectivity index is 2.12. The molecule has 0 bridgehead atoms. The molecule has 0 fully saturated rings. The van der Waals surface area contributed by atoms with E-state index < -0.39 is 0 Å². The third kappa shape index (κ3) is 3.94. The summed E-state index contributed by atoms with van der Waals surface area (Å²) >= 11 is 5.87. The van der Waals surface area contributed by atoms with Gasteiger partial charge < -0.3 is 4.74 Å². The second kappa shape index (κ2) is 7.25. The Morgan fingerprint density at radius 1 is 1.25 bits per heavy atom. The number of hydrogen-bond acceptors (Lipinski definition) is 2. The van der Waals surface area contributed by atoms with Gasteiger partial charge in [-0.2, -0.15) is 0 Å². The van der Waals surface area contributed by atoms with Gasteiger partial charge in [-0.3, -0.25) is 0 Å². The molecule has 20 heavy (non-hydrogen) atoms. The summed E-state index contributed by atoms with van der Waals surface area (Å²) in [7, 11) is 0. The van der Waals surface area contributed by atoms with Crippen LogP contribution in [0.2, 0.25) is 0 Å². The molecule has 2 aromatic rings. The summed E-state index contributed by atoms with van der Waals surface area (Å²) in [5.41, 5.74) is 2.44. The first kappa shape index (κ1) is 14.8. The number of aromatic nitrogens is 1. The summed E-state index contributed by atoms with van der Waals surface area (Å²) in [6.45, 7) is 2.26. The Bertz CT molecular complexity index is 574. The van der Waals surface area contributed by atoms with E-state index in [2.05, 4.69) is 11.9 Å². The summed E-state index contributed by atoms with van der Waals surface area (Å²) in [5, 5.41) is 0. The van der Waals surface area contributed by atoms with Crippen LogP contribution < -0.4 is 4.74 Å². The number of rotatable bonds is 6. The predicted octanol–water partition coefficient (Wildman–Crippen LogP) is 4.49. The van der Waals surface area contributed by atoms with Crippen molar-refractivity contribution in [2.24, 2.45) is 0 Å². The molecule has 0 amide bonds. The normalized spacial score (nSPS) is 10.6. The minimum absolute atomic E-state index is 0.164. The van der Waals surface area contributed by atoms with Crippen molar-refractivity contribution in [3.05, 3.63) is 59.0 Å². The molecular formula is C16H17ClFNO. The van der Waals surface area contributed by atoms with Gasteiger partial charge in [0.05, 0.1) is 0 Å². The first-order valence-electron chi connectivity index (χ1n) is 6.65. The molecule has 0 N–H and O–H groups in total. The van der Waals surface area contributed by atoms with Crippen molar-refractivity contribution < 1.29 is 9.13 Å². The van der Waals surface area contributed by atoms with Crippen molar-refractivity contribution in [2.75, 3.05) is 0 Å². The highest BCUT2D eigenvalue weighted by Gasteiger charge is 2.06. The van der Waals surface area contributed by atoms with Crippen molar-refractivity contribution >= 4 is 11.6 Å². The van der Waals surface area contributed by atoms with Gasteiger partial charge in [-0.25, -0.2) is 9.37 Å². The molecule has 0 unspecified atom stereocenters. The lowest BCUT2D eigenvalue weighted by Crippen LogP contribution is -2.02. The van der Waals surface area contributed by atoms with Crippen LogP contribution in [0.4, 0.5) is 4.39 Å². The standard InChI is InChI=1S/C16H17ClFNO/c1-2-5-14-8-12(10-17)9-16(19-14)20-11-13-6-3-4-7-15(13)18/h3-4,6-9H,2,5,10-11H2,1H3. The average molecular weight is 294 g/mol. The summed E-state index contributed by atoms with van der Waals surface area (Å²) in [6.07, 6.45) is 1.88. The van der Waals surface area contributed by atoms with Gasteiger partial charge >= 0.3 is 0 Å². The van der Waals surface area contributed by atoms with E-state index in [-0.39, 0.29) is 12.4 Å². The highest BCUT2D eigenvalue weighted by Crippen LogP contribution is 2.17. The van der Waals surface area contributed by atoms with Crippen molar-refractivity contribution in [2.45, 2.75) is 32.3 Å². The Morgan fingerprint density at radius 2 is 2.05 bits per heavy atom. The second-order valence-electron chi connectivity index (χ2n) is 4.57. The third-order valence-corrected chi connectivity index (χ3v) is 3.22. The molecule has 1 heterocycles. The fourth-order valence-electron chi connectivity index (χ4n) is 1.92. The maximum Gasteiger partial charge on any atom is 0.214 e. The summed E-state index contributed by atoms with van der Waals surface area (Å²) < 4.78 is 19.1. The van der Waals surface area contributed by atoms with Crippen LogP contribution in [0, 0.1) is 5.82 Å². The average Bonchev–Trinajstić information content (AvgIpc) is 2.46. The van der Waals surface area contributed by atoms with E-state index in [9.17, 15) is 4.39 Å². The predicted molar refractivity (Wildman–Crippen MR) is 78.5 cm³/mol. The zero-order valence-corrected chi connectivity index (χ0v) is 12.2. The van der Waals surface area contributed by atoms with Crippen LogP contribution in [0.15, 0.2) is 36.4 Å². The van der Waals surface area contributed by atoms with Gasteiger partial charge in [0.15, 0.2) is 0 Å². The molecule has 0 saturated carbocycles. The highest BCUT2D eigenvalue weighted by molar-refractivity contribution is 6.17. The zero-order valence-electron chi connectivity index (χ0n) is 11.4. The van der Waals surface area contributed by atoms with E-state index in [1.807, 2.05) is 6.07 Å². The van der Waals surface area contributed by atoms with Crippen LogP contribution in [-0.4, -0.2) is 4.98 Å². The Morgan fingerprint density at radius 3 is 2.75 bits per heavy atom. The fourth-order valence-corrected chi connectivity index (χ4v) is 2.08. The van der Waals surface area contributed by atoms with Crippen molar-refractivity contribution in [1.29, 1.82) is 0 Å². The number of aryl methyl sites for hydroxylation is 1. The first-order valence-corrected chi connectivity index (χ1v) is 7.18. The SMILES string of the molecule is CCCc1cc(CCl)cc(OCc2ccccc2F)n1. The van der Waals surface area contributed by atoms with E-state index in [1.165, 1.54) is 6.07 Å². The molecule has 0 aliphatic rings. The molecule has 2 nitrogen and oxygen atoms in total. The number of alkyl halides is 1. The number of nitrogens with zero attached hydrogens (tertiary/aromatic N) is 1. The molecular weight excluding hydrogens is 277 g/mol. The molecule has 106 valence electrons. The van der Waals surface area contributed by atoms with Gasteiger partial charge in [-0.15, -0.1) is 11.6 Å². The maximum absolute atomic E-state index is 13.5. The highest BCUT2D eigenvalue weighted by atomic mass is 35.5. The van der Waals surface area contributed by atoms with E-state index in [0.29, 0.717) is 17.3 Å². The molecule has 0 radical (unpaired) electrons. The third-order valence-electron chi connectivity index (χ3n) is 2.91. The molecule has 1 aromatic carbocycles. The van der Waals surface area contributed by atoms with Crippen molar-refractivity contribution in [3.8, 4) is 5.88 Å². The fraction of sp³-hybridized carbons (Fsp3) is 0.312. The molecule has 0 aliphatic carbocycles. The zero-order chi connectivity index (χ0) is 14.4. The van der Waals surface area contributed by atoms with E-state index in [1.54, 1.807) is 24.3 Å². The molecule has 0 aliphatic heterocycles. The Kier molecular flexibility index (Phi) is 5.36. The van der Waals surface area contributed by atoms with Crippen LogP contribution in [0.1, 0.15) is 30.2 Å². The molecule has 0 atom stereocenters. The van der Waals surface area contributed by atoms with Crippen molar-refractivity contribution in [1.82, 2.24) is 4.98 Å². The van der Waals surface area contributed by atoms with Crippen LogP contribution in [0.5, 0.6) is 5.88 Å². The molecule has 0 spiro atoms. The van der Waals surface area contributed by atoms with E-state index in [0.717, 1.165) is 24.1 Å². The maximum atomic E-state index is 13.5. The summed E-state index contributed by atoms with van der Waals surface area (Å²) in [4.78, 5) is 4.41.